The van der Waals surface area contributed by atoms with E-state index >= 15 is 0 Å². The molecule has 0 heterocycles. The summed E-state index contributed by atoms with van der Waals surface area (Å²) in [4.78, 5) is 10.3. The van der Waals surface area contributed by atoms with Crippen molar-refractivity contribution < 1.29 is 13.3 Å². The summed E-state index contributed by atoms with van der Waals surface area (Å²) in [6.45, 7) is 2.47. The first-order chi connectivity index (χ1) is 11.7. The van der Waals surface area contributed by atoms with Gasteiger partial charge in [0.15, 0.2) is 0 Å². The third kappa shape index (κ3) is 4.91. The molecule has 7 nitrogen and oxygen atoms in total. The highest BCUT2D eigenvalue weighted by molar-refractivity contribution is 7.89. The number of nitrogens with zero attached hydrogens (tertiary/aromatic N) is 1. The standard InChI is InChI=1S/C16H18ClN3O4S/c1-2-11(12-3-5-13(17)6-4-12)10-19-15-8-7-14(25(18,23)24)9-16(15)20(21)22/h3-9,11,19H,2,10H2,1H3,(H2,18,23,24). The van der Waals surface area contributed by atoms with Crippen LogP contribution in [-0.4, -0.2) is 19.9 Å². The molecule has 1 atom stereocenters. The number of sulfonamides is 1. The predicted molar refractivity (Wildman–Crippen MR) is 97.4 cm³/mol. The number of nitro benzene ring substituents is 1. The number of anilines is 1. The number of nitrogens with two attached hydrogens (primary N) is 1. The smallest absolute Gasteiger partial charge is 0.293 e. The van der Waals surface area contributed by atoms with Crippen LogP contribution in [0.2, 0.25) is 5.02 Å². The Morgan fingerprint density at radius 2 is 1.88 bits per heavy atom. The average molecular weight is 384 g/mol. The Bertz CT molecular complexity index is 869. The normalized spacial score (nSPS) is 12.6. The summed E-state index contributed by atoms with van der Waals surface area (Å²) < 4.78 is 22.7. The monoisotopic (exact) mass is 383 g/mol. The van der Waals surface area contributed by atoms with Crippen LogP contribution >= 0.6 is 11.6 Å². The van der Waals surface area contributed by atoms with Gasteiger partial charge in [-0.15, -0.1) is 0 Å². The van der Waals surface area contributed by atoms with Gasteiger partial charge in [-0.1, -0.05) is 30.7 Å². The molecule has 0 amide bonds. The minimum absolute atomic E-state index is 0.120. The molecule has 1 unspecified atom stereocenters. The van der Waals surface area contributed by atoms with Crippen LogP contribution in [-0.2, 0) is 10.0 Å². The van der Waals surface area contributed by atoms with Crippen molar-refractivity contribution in [3.63, 3.8) is 0 Å². The maximum absolute atomic E-state index is 11.4. The maximum Gasteiger partial charge on any atom is 0.293 e. The van der Waals surface area contributed by atoms with E-state index in [1.807, 2.05) is 19.1 Å². The summed E-state index contributed by atoms with van der Waals surface area (Å²) >= 11 is 5.89. The molecule has 0 radical (unpaired) electrons. The number of hydrogen-bond acceptors (Lipinski definition) is 5. The lowest BCUT2D eigenvalue weighted by Crippen LogP contribution is -2.15. The van der Waals surface area contributed by atoms with Crippen molar-refractivity contribution in [2.24, 2.45) is 5.14 Å². The highest BCUT2D eigenvalue weighted by atomic mass is 35.5. The van der Waals surface area contributed by atoms with Gasteiger partial charge < -0.3 is 5.32 Å². The van der Waals surface area contributed by atoms with Crippen molar-refractivity contribution in [2.45, 2.75) is 24.2 Å². The Hall–Kier alpha value is -2.16. The van der Waals surface area contributed by atoms with Crippen LogP contribution in [0, 0.1) is 10.1 Å². The molecule has 0 aromatic heterocycles. The van der Waals surface area contributed by atoms with Crippen molar-refractivity contribution in [2.75, 3.05) is 11.9 Å². The second-order valence-corrected chi connectivity index (χ2v) is 7.52. The van der Waals surface area contributed by atoms with Crippen LogP contribution in [0.3, 0.4) is 0 Å². The van der Waals surface area contributed by atoms with E-state index in [0.29, 0.717) is 11.6 Å². The van der Waals surface area contributed by atoms with Crippen LogP contribution < -0.4 is 10.5 Å². The molecular formula is C16H18ClN3O4S. The number of halogens is 1. The minimum atomic E-state index is -4.00. The quantitative estimate of drug-likeness (QED) is 0.560. The van der Waals surface area contributed by atoms with Gasteiger partial charge in [0, 0.05) is 23.6 Å². The van der Waals surface area contributed by atoms with Gasteiger partial charge in [0.05, 0.1) is 9.82 Å². The summed E-state index contributed by atoms with van der Waals surface area (Å²) in [6, 6.07) is 11.0. The molecule has 0 bridgehead atoms. The average Bonchev–Trinajstić information content (AvgIpc) is 2.56. The molecule has 0 aliphatic heterocycles. The Labute approximate surface area is 151 Å². The summed E-state index contributed by atoms with van der Waals surface area (Å²) in [5.74, 6) is 0.120. The fourth-order valence-corrected chi connectivity index (χ4v) is 3.11. The maximum atomic E-state index is 11.4. The van der Waals surface area contributed by atoms with Gasteiger partial charge in [-0.3, -0.25) is 10.1 Å². The number of rotatable bonds is 7. The van der Waals surface area contributed by atoms with Gasteiger partial charge in [-0.05, 0) is 36.2 Å². The minimum Gasteiger partial charge on any atom is -0.379 e. The molecule has 0 fully saturated rings. The van der Waals surface area contributed by atoms with E-state index in [2.05, 4.69) is 5.32 Å². The van der Waals surface area contributed by atoms with E-state index in [1.54, 1.807) is 12.1 Å². The molecule has 0 spiro atoms. The first-order valence-electron chi connectivity index (χ1n) is 7.53. The van der Waals surface area contributed by atoms with E-state index in [1.165, 1.54) is 12.1 Å². The first kappa shape index (κ1) is 19.2. The van der Waals surface area contributed by atoms with Gasteiger partial charge in [-0.2, -0.15) is 0 Å². The van der Waals surface area contributed by atoms with Crippen LogP contribution in [0.25, 0.3) is 0 Å². The molecule has 2 aromatic carbocycles. The van der Waals surface area contributed by atoms with Crippen LogP contribution in [0.4, 0.5) is 11.4 Å². The van der Waals surface area contributed by atoms with Crippen molar-refractivity contribution >= 4 is 33.0 Å². The van der Waals surface area contributed by atoms with E-state index in [-0.39, 0.29) is 22.2 Å². The SMILES string of the molecule is CCC(CNc1ccc(S(N)(=O)=O)cc1[N+](=O)[O-])c1ccc(Cl)cc1. The molecule has 2 rings (SSSR count). The van der Waals surface area contributed by atoms with Gasteiger partial charge in [0.25, 0.3) is 5.69 Å². The van der Waals surface area contributed by atoms with Gasteiger partial charge in [0.2, 0.25) is 10.0 Å². The summed E-state index contributed by atoms with van der Waals surface area (Å²) in [5, 5.41) is 19.9. The zero-order valence-electron chi connectivity index (χ0n) is 13.5. The molecule has 25 heavy (non-hydrogen) atoms. The largest absolute Gasteiger partial charge is 0.379 e. The van der Waals surface area contributed by atoms with Crippen molar-refractivity contribution in [1.82, 2.24) is 0 Å². The molecule has 3 N–H and O–H groups in total. The Morgan fingerprint density at radius 3 is 2.40 bits per heavy atom. The van der Waals surface area contributed by atoms with Crippen molar-refractivity contribution in [3.8, 4) is 0 Å². The highest BCUT2D eigenvalue weighted by Gasteiger charge is 2.20. The number of hydrogen-bond donors (Lipinski definition) is 2. The fourth-order valence-electron chi connectivity index (χ4n) is 2.45. The third-order valence-corrected chi connectivity index (χ3v) is 5.03. The zero-order chi connectivity index (χ0) is 18.6. The van der Waals surface area contributed by atoms with Crippen molar-refractivity contribution in [1.29, 1.82) is 0 Å². The number of nitro groups is 1. The molecule has 0 saturated carbocycles. The second-order valence-electron chi connectivity index (χ2n) is 5.52. The van der Waals surface area contributed by atoms with Gasteiger partial charge in [-0.25, -0.2) is 13.6 Å². The third-order valence-electron chi connectivity index (χ3n) is 3.87. The molecule has 0 aliphatic carbocycles. The Kier molecular flexibility index (Phi) is 5.99. The predicted octanol–water partition coefficient (Wildman–Crippen LogP) is 3.50. The van der Waals surface area contributed by atoms with Gasteiger partial charge in [0.1, 0.15) is 5.69 Å². The van der Waals surface area contributed by atoms with Crippen LogP contribution in [0.15, 0.2) is 47.4 Å². The molecular weight excluding hydrogens is 366 g/mol. The van der Waals surface area contributed by atoms with Crippen molar-refractivity contribution in [3.05, 3.63) is 63.2 Å². The topological polar surface area (TPSA) is 115 Å². The summed E-state index contributed by atoms with van der Waals surface area (Å²) in [5.41, 5.74) is 0.963. The first-order valence-corrected chi connectivity index (χ1v) is 9.45. The molecule has 134 valence electrons. The van der Waals surface area contributed by atoms with E-state index in [0.717, 1.165) is 18.1 Å². The number of primary sulfonamides is 1. The van der Waals surface area contributed by atoms with Crippen LogP contribution in [0.5, 0.6) is 0 Å². The zero-order valence-corrected chi connectivity index (χ0v) is 15.0. The molecule has 2 aromatic rings. The molecule has 0 saturated heterocycles. The highest BCUT2D eigenvalue weighted by Crippen LogP contribution is 2.29. The number of benzene rings is 2. The number of nitrogens with one attached hydrogen (secondary N) is 1. The second kappa shape index (κ2) is 7.81. The molecule has 0 aliphatic rings. The summed E-state index contributed by atoms with van der Waals surface area (Å²) in [7, 11) is -4.00. The fraction of sp³-hybridized carbons (Fsp3) is 0.250. The lowest BCUT2D eigenvalue weighted by atomic mass is 9.96. The molecule has 9 heteroatoms. The van der Waals surface area contributed by atoms with Gasteiger partial charge >= 0.3 is 0 Å². The van der Waals surface area contributed by atoms with E-state index < -0.39 is 14.9 Å². The summed E-state index contributed by atoms with van der Waals surface area (Å²) in [6.07, 6.45) is 0.817. The van der Waals surface area contributed by atoms with Crippen LogP contribution in [0.1, 0.15) is 24.8 Å². The van der Waals surface area contributed by atoms with E-state index in [4.69, 9.17) is 16.7 Å². The lowest BCUT2D eigenvalue weighted by molar-refractivity contribution is -0.384. The Balaban J connectivity index is 2.24. The lowest BCUT2D eigenvalue weighted by Gasteiger charge is -2.17. The Morgan fingerprint density at radius 1 is 1.24 bits per heavy atom. The van der Waals surface area contributed by atoms with E-state index in [9.17, 15) is 18.5 Å².